The molecule has 0 atom stereocenters. The van der Waals surface area contributed by atoms with Gasteiger partial charge in [-0.2, -0.15) is 13.2 Å². The van der Waals surface area contributed by atoms with Crippen LogP contribution < -0.4 is 10.6 Å². The zero-order chi connectivity index (χ0) is 16.8. The minimum absolute atomic E-state index is 0.0682. The largest absolute Gasteiger partial charge is 0.409 e. The predicted molar refractivity (Wildman–Crippen MR) is 72.3 cm³/mol. The van der Waals surface area contributed by atoms with E-state index in [1.807, 2.05) is 0 Å². The summed E-state index contributed by atoms with van der Waals surface area (Å²) in [6.45, 7) is 1.82. The van der Waals surface area contributed by atoms with Crippen LogP contribution in [0.5, 0.6) is 0 Å². The zero-order valence-electron chi connectivity index (χ0n) is 11.5. The first-order chi connectivity index (χ1) is 10.2. The smallest absolute Gasteiger partial charge is 0.368 e. The number of allylic oxidation sites excluding steroid dienone is 1. The van der Waals surface area contributed by atoms with E-state index in [9.17, 15) is 28.1 Å². The number of pyridine rings is 1. The summed E-state index contributed by atoms with van der Waals surface area (Å²) in [7, 11) is 0. The van der Waals surface area contributed by atoms with Crippen molar-refractivity contribution in [1.82, 2.24) is 10.3 Å². The molecule has 0 saturated heterocycles. The average Bonchev–Trinajstić information content (AvgIpc) is 2.40. The molecule has 0 aliphatic carbocycles. The molecular weight excluding hydrogens is 305 g/mol. The standard InChI is InChI=1S/C12H13F3N4O3/c1-8-6-10(18-7-9(8)19(21)22)16-4-5-17-11(20)2-3-12(13,14)15/h2-3,6-7H,4-5H2,1H3,(H,16,18)(H,17,20)/b3-2+. The van der Waals surface area contributed by atoms with E-state index in [0.717, 1.165) is 6.20 Å². The second-order valence-corrected chi connectivity index (χ2v) is 4.21. The van der Waals surface area contributed by atoms with Crippen LogP contribution >= 0.6 is 0 Å². The Kier molecular flexibility index (Phi) is 5.84. The van der Waals surface area contributed by atoms with Gasteiger partial charge in [0.25, 0.3) is 5.69 Å². The van der Waals surface area contributed by atoms with Crippen LogP contribution in [0.3, 0.4) is 0 Å². The van der Waals surface area contributed by atoms with Gasteiger partial charge in [-0.25, -0.2) is 4.98 Å². The van der Waals surface area contributed by atoms with E-state index < -0.39 is 17.0 Å². The lowest BCUT2D eigenvalue weighted by Crippen LogP contribution is -2.27. The van der Waals surface area contributed by atoms with Gasteiger partial charge in [0.05, 0.1) is 4.92 Å². The number of hydrogen-bond acceptors (Lipinski definition) is 5. The molecule has 120 valence electrons. The van der Waals surface area contributed by atoms with Crippen LogP contribution in [0.1, 0.15) is 5.56 Å². The summed E-state index contributed by atoms with van der Waals surface area (Å²) in [5.74, 6) is -0.504. The number of carbonyl (C=O) groups excluding carboxylic acids is 1. The number of aromatic nitrogens is 1. The van der Waals surface area contributed by atoms with Crippen molar-refractivity contribution >= 4 is 17.4 Å². The second kappa shape index (κ2) is 7.38. The molecule has 10 heteroatoms. The number of nitro groups is 1. The third-order valence-corrected chi connectivity index (χ3v) is 2.43. The first kappa shape index (κ1) is 17.4. The summed E-state index contributed by atoms with van der Waals surface area (Å²) in [6.07, 6.45) is -3.19. The van der Waals surface area contributed by atoms with Gasteiger partial charge in [-0.15, -0.1) is 0 Å². The Balaban J connectivity index is 2.39. The summed E-state index contributed by atoms with van der Waals surface area (Å²) in [6, 6.07) is 1.46. The number of amides is 1. The SMILES string of the molecule is Cc1cc(NCCNC(=O)/C=C/C(F)(F)F)ncc1[N+](=O)[O-]. The van der Waals surface area contributed by atoms with Crippen molar-refractivity contribution < 1.29 is 22.9 Å². The number of nitrogens with zero attached hydrogens (tertiary/aromatic N) is 2. The van der Waals surface area contributed by atoms with Crippen LogP contribution in [-0.2, 0) is 4.79 Å². The molecule has 1 aromatic rings. The molecular formula is C12H13F3N4O3. The Labute approximate surface area is 123 Å². The molecule has 0 unspecified atom stereocenters. The normalized spacial score (nSPS) is 11.5. The topological polar surface area (TPSA) is 97.2 Å². The molecule has 0 fully saturated rings. The highest BCUT2D eigenvalue weighted by atomic mass is 19.4. The third-order valence-electron chi connectivity index (χ3n) is 2.43. The fraction of sp³-hybridized carbons (Fsp3) is 0.333. The molecule has 7 nitrogen and oxygen atoms in total. The van der Waals surface area contributed by atoms with Crippen LogP contribution in [0.2, 0.25) is 0 Å². The highest BCUT2D eigenvalue weighted by Crippen LogP contribution is 2.18. The summed E-state index contributed by atoms with van der Waals surface area (Å²) in [4.78, 5) is 24.9. The molecule has 0 aliphatic heterocycles. The molecule has 0 bridgehead atoms. The maximum Gasteiger partial charge on any atom is 0.409 e. The van der Waals surface area contributed by atoms with Gasteiger partial charge >= 0.3 is 6.18 Å². The molecule has 2 N–H and O–H groups in total. The summed E-state index contributed by atoms with van der Waals surface area (Å²) >= 11 is 0. The van der Waals surface area contributed by atoms with Crippen molar-refractivity contribution in [2.45, 2.75) is 13.1 Å². The minimum Gasteiger partial charge on any atom is -0.368 e. The third kappa shape index (κ3) is 6.20. The molecule has 0 aliphatic rings. The number of alkyl halides is 3. The van der Waals surface area contributed by atoms with Gasteiger partial charge < -0.3 is 10.6 Å². The van der Waals surface area contributed by atoms with Crippen molar-refractivity contribution in [3.63, 3.8) is 0 Å². The van der Waals surface area contributed by atoms with Gasteiger partial charge in [0.2, 0.25) is 5.91 Å². The van der Waals surface area contributed by atoms with Gasteiger partial charge in [-0.1, -0.05) is 0 Å². The van der Waals surface area contributed by atoms with E-state index in [-0.39, 0.29) is 24.9 Å². The lowest BCUT2D eigenvalue weighted by Gasteiger charge is -2.07. The first-order valence-electron chi connectivity index (χ1n) is 6.08. The van der Waals surface area contributed by atoms with Crippen LogP contribution in [0.4, 0.5) is 24.7 Å². The van der Waals surface area contributed by atoms with Gasteiger partial charge in [-0.3, -0.25) is 14.9 Å². The van der Waals surface area contributed by atoms with Crippen LogP contribution in [0, 0.1) is 17.0 Å². The number of aryl methyl sites for hydroxylation is 1. The molecule has 0 spiro atoms. The lowest BCUT2D eigenvalue weighted by atomic mass is 10.2. The maximum atomic E-state index is 11.8. The van der Waals surface area contributed by atoms with Crippen molar-refractivity contribution in [2.75, 3.05) is 18.4 Å². The predicted octanol–water partition coefficient (Wildman–Crippen LogP) is 1.94. The number of nitrogens with one attached hydrogen (secondary N) is 2. The Morgan fingerprint density at radius 1 is 1.45 bits per heavy atom. The first-order valence-corrected chi connectivity index (χ1v) is 6.08. The quantitative estimate of drug-likeness (QED) is 0.361. The van der Waals surface area contributed by atoms with Crippen molar-refractivity contribution in [3.05, 3.63) is 40.1 Å². The van der Waals surface area contributed by atoms with E-state index in [0.29, 0.717) is 17.5 Å². The molecule has 1 aromatic heterocycles. The molecule has 1 heterocycles. The number of hydrogen-bond donors (Lipinski definition) is 2. The fourth-order valence-corrected chi connectivity index (χ4v) is 1.44. The van der Waals surface area contributed by atoms with E-state index >= 15 is 0 Å². The van der Waals surface area contributed by atoms with E-state index in [1.54, 1.807) is 6.92 Å². The Morgan fingerprint density at radius 3 is 2.68 bits per heavy atom. The van der Waals surface area contributed by atoms with Gasteiger partial charge in [-0.05, 0) is 13.0 Å². The Hall–Kier alpha value is -2.65. The maximum absolute atomic E-state index is 11.8. The highest BCUT2D eigenvalue weighted by molar-refractivity contribution is 5.87. The summed E-state index contributed by atoms with van der Waals surface area (Å²) in [5.41, 5.74) is 0.302. The molecule has 1 amide bonds. The number of halogens is 3. The minimum atomic E-state index is -4.53. The zero-order valence-corrected chi connectivity index (χ0v) is 11.5. The molecule has 0 radical (unpaired) electrons. The summed E-state index contributed by atoms with van der Waals surface area (Å²) < 4.78 is 35.5. The molecule has 22 heavy (non-hydrogen) atoms. The molecule has 0 aromatic carbocycles. The summed E-state index contributed by atoms with van der Waals surface area (Å²) in [5, 5.41) is 15.6. The van der Waals surface area contributed by atoms with Gasteiger partial charge in [0.15, 0.2) is 0 Å². The van der Waals surface area contributed by atoms with Crippen molar-refractivity contribution in [3.8, 4) is 0 Å². The monoisotopic (exact) mass is 318 g/mol. The second-order valence-electron chi connectivity index (χ2n) is 4.21. The molecule has 1 rings (SSSR count). The highest BCUT2D eigenvalue weighted by Gasteiger charge is 2.22. The van der Waals surface area contributed by atoms with Gasteiger partial charge in [0, 0.05) is 30.8 Å². The van der Waals surface area contributed by atoms with Crippen molar-refractivity contribution in [2.24, 2.45) is 0 Å². The Morgan fingerprint density at radius 2 is 2.14 bits per heavy atom. The van der Waals surface area contributed by atoms with Crippen LogP contribution in [0.15, 0.2) is 24.4 Å². The number of rotatable bonds is 6. The Bertz CT molecular complexity index is 587. The van der Waals surface area contributed by atoms with E-state index in [2.05, 4.69) is 15.6 Å². The number of anilines is 1. The van der Waals surface area contributed by atoms with Gasteiger partial charge in [0.1, 0.15) is 12.0 Å². The van der Waals surface area contributed by atoms with E-state index in [1.165, 1.54) is 6.07 Å². The van der Waals surface area contributed by atoms with E-state index in [4.69, 9.17) is 0 Å². The fourth-order valence-electron chi connectivity index (χ4n) is 1.44. The van der Waals surface area contributed by atoms with Crippen LogP contribution in [-0.4, -0.2) is 35.1 Å². The molecule has 0 saturated carbocycles. The van der Waals surface area contributed by atoms with Crippen molar-refractivity contribution in [1.29, 1.82) is 0 Å². The average molecular weight is 318 g/mol. The number of carbonyl (C=O) groups is 1. The lowest BCUT2D eigenvalue weighted by molar-refractivity contribution is -0.385. The van der Waals surface area contributed by atoms with Crippen LogP contribution in [0.25, 0.3) is 0 Å².